The Bertz CT molecular complexity index is 682. The number of nitrogen functional groups attached to an aromatic ring is 1. The lowest BCUT2D eigenvalue weighted by molar-refractivity contribution is -0.145. The van der Waals surface area contributed by atoms with Gasteiger partial charge in [0.25, 0.3) is 5.82 Å². The summed E-state index contributed by atoms with van der Waals surface area (Å²) in [7, 11) is 0. The Hall–Kier alpha value is -1.70. The number of rotatable bonds is 7. The predicted octanol–water partition coefficient (Wildman–Crippen LogP) is 4.52. The maximum Gasteiger partial charge on any atom is 0.453 e. The van der Waals surface area contributed by atoms with E-state index in [1.165, 1.54) is 16.4 Å². The minimum atomic E-state index is -4.54. The predicted molar refractivity (Wildman–Crippen MR) is 90.0 cm³/mol. The number of nitrogens with zero attached hydrogens (tertiary/aromatic N) is 3. The van der Waals surface area contributed by atoms with Crippen molar-refractivity contribution in [3.63, 3.8) is 0 Å². The molecule has 0 aliphatic carbocycles. The van der Waals surface area contributed by atoms with Crippen LogP contribution in [0.1, 0.15) is 43.1 Å². The number of halogens is 3. The topological polar surface area (TPSA) is 56.7 Å². The molecule has 0 amide bonds. The van der Waals surface area contributed by atoms with Gasteiger partial charge in [-0.1, -0.05) is 43.7 Å². The van der Waals surface area contributed by atoms with Crippen molar-refractivity contribution in [2.45, 2.75) is 51.0 Å². The Labute approximate surface area is 143 Å². The molecule has 0 bridgehead atoms. The quantitative estimate of drug-likeness (QED) is 0.449. The molecule has 0 aliphatic heterocycles. The molecule has 8 heteroatoms. The number of aromatic nitrogens is 3. The van der Waals surface area contributed by atoms with Gasteiger partial charge in [0.2, 0.25) is 0 Å². The largest absolute Gasteiger partial charge is 0.453 e. The van der Waals surface area contributed by atoms with Crippen LogP contribution in [0.5, 0.6) is 0 Å². The van der Waals surface area contributed by atoms with Crippen LogP contribution < -0.4 is 5.73 Å². The van der Waals surface area contributed by atoms with E-state index < -0.39 is 12.0 Å². The molecular formula is C16H21F3N4S. The SMILES string of the molecule is CCCCCSc1nc(C(F)(F)F)nn1Cc1ccc(N)c(C)c1. The monoisotopic (exact) mass is 358 g/mol. The van der Waals surface area contributed by atoms with Crippen LogP contribution in [-0.4, -0.2) is 20.5 Å². The molecule has 2 aromatic rings. The first-order valence-corrected chi connectivity index (χ1v) is 8.79. The first-order chi connectivity index (χ1) is 11.3. The summed E-state index contributed by atoms with van der Waals surface area (Å²) in [5, 5.41) is 3.96. The van der Waals surface area contributed by atoms with Crippen molar-refractivity contribution in [1.29, 1.82) is 0 Å². The van der Waals surface area contributed by atoms with E-state index in [-0.39, 0.29) is 6.54 Å². The number of hydrogen-bond acceptors (Lipinski definition) is 4. The summed E-state index contributed by atoms with van der Waals surface area (Å²) >= 11 is 1.32. The molecule has 4 nitrogen and oxygen atoms in total. The summed E-state index contributed by atoms with van der Waals surface area (Å²) in [6.45, 7) is 4.18. The highest BCUT2D eigenvalue weighted by atomic mass is 32.2. The van der Waals surface area contributed by atoms with Gasteiger partial charge in [-0.25, -0.2) is 4.68 Å². The summed E-state index contributed by atoms with van der Waals surface area (Å²) in [5.74, 6) is -0.363. The number of thioether (sulfide) groups is 1. The van der Waals surface area contributed by atoms with E-state index in [1.807, 2.05) is 13.0 Å². The van der Waals surface area contributed by atoms with Crippen LogP contribution in [0.15, 0.2) is 23.4 Å². The Morgan fingerprint density at radius 1 is 1.25 bits per heavy atom. The highest BCUT2D eigenvalue weighted by molar-refractivity contribution is 7.99. The molecule has 0 saturated heterocycles. The molecule has 1 aromatic heterocycles. The lowest BCUT2D eigenvalue weighted by atomic mass is 10.1. The maximum absolute atomic E-state index is 12.9. The molecule has 0 radical (unpaired) electrons. The number of alkyl halides is 3. The molecule has 2 rings (SSSR count). The lowest BCUT2D eigenvalue weighted by Gasteiger charge is -2.08. The fourth-order valence-corrected chi connectivity index (χ4v) is 3.12. The van der Waals surface area contributed by atoms with Crippen molar-refractivity contribution >= 4 is 17.4 Å². The van der Waals surface area contributed by atoms with E-state index >= 15 is 0 Å². The third-order valence-electron chi connectivity index (χ3n) is 3.54. The van der Waals surface area contributed by atoms with E-state index in [9.17, 15) is 13.2 Å². The van der Waals surface area contributed by atoms with Gasteiger partial charge < -0.3 is 5.73 Å². The molecule has 24 heavy (non-hydrogen) atoms. The van der Waals surface area contributed by atoms with Crippen molar-refractivity contribution in [2.24, 2.45) is 0 Å². The van der Waals surface area contributed by atoms with Crippen LogP contribution in [-0.2, 0) is 12.7 Å². The molecule has 0 saturated carbocycles. The summed E-state index contributed by atoms with van der Waals surface area (Å²) in [6.07, 6.45) is -1.49. The van der Waals surface area contributed by atoms with E-state index in [0.717, 1.165) is 36.1 Å². The molecule has 0 aliphatic rings. The fraction of sp³-hybridized carbons (Fsp3) is 0.500. The van der Waals surface area contributed by atoms with E-state index in [0.29, 0.717) is 10.8 Å². The molecule has 132 valence electrons. The smallest absolute Gasteiger partial charge is 0.399 e. The normalized spacial score (nSPS) is 11.9. The van der Waals surface area contributed by atoms with Gasteiger partial charge in [0.15, 0.2) is 5.16 Å². The van der Waals surface area contributed by atoms with Crippen molar-refractivity contribution in [3.8, 4) is 0 Å². The zero-order chi connectivity index (χ0) is 17.7. The number of aryl methyl sites for hydroxylation is 1. The van der Waals surface area contributed by atoms with Gasteiger partial charge in [-0.2, -0.15) is 18.2 Å². The van der Waals surface area contributed by atoms with E-state index in [2.05, 4.69) is 17.0 Å². The van der Waals surface area contributed by atoms with Gasteiger partial charge in [0.05, 0.1) is 6.54 Å². The average molecular weight is 358 g/mol. The van der Waals surface area contributed by atoms with Gasteiger partial charge in [0, 0.05) is 11.4 Å². The van der Waals surface area contributed by atoms with Crippen molar-refractivity contribution in [2.75, 3.05) is 11.5 Å². The van der Waals surface area contributed by atoms with Crippen molar-refractivity contribution in [1.82, 2.24) is 14.8 Å². The molecule has 0 unspecified atom stereocenters. The average Bonchev–Trinajstić information content (AvgIpc) is 2.91. The number of unbranched alkanes of at least 4 members (excludes halogenated alkanes) is 2. The number of hydrogen-bond donors (Lipinski definition) is 1. The van der Waals surface area contributed by atoms with Crippen molar-refractivity contribution in [3.05, 3.63) is 35.2 Å². The Kier molecular flexibility index (Phi) is 6.15. The highest BCUT2D eigenvalue weighted by Crippen LogP contribution is 2.29. The fourth-order valence-electron chi connectivity index (χ4n) is 2.18. The third-order valence-corrected chi connectivity index (χ3v) is 4.59. The second-order valence-corrected chi connectivity index (χ2v) is 6.68. The number of anilines is 1. The maximum atomic E-state index is 12.9. The highest BCUT2D eigenvalue weighted by Gasteiger charge is 2.37. The zero-order valence-corrected chi connectivity index (χ0v) is 14.5. The summed E-state index contributed by atoms with van der Waals surface area (Å²) in [4.78, 5) is 3.68. The Morgan fingerprint density at radius 3 is 2.62 bits per heavy atom. The Balaban J connectivity index is 2.21. The van der Waals surface area contributed by atoms with Gasteiger partial charge >= 0.3 is 6.18 Å². The first-order valence-electron chi connectivity index (χ1n) is 7.81. The molecule has 2 N–H and O–H groups in total. The molecule has 0 spiro atoms. The van der Waals surface area contributed by atoms with Crippen LogP contribution in [0.4, 0.5) is 18.9 Å². The number of nitrogens with two attached hydrogens (primary N) is 1. The Morgan fingerprint density at radius 2 is 2.00 bits per heavy atom. The van der Waals surface area contributed by atoms with E-state index in [1.54, 1.807) is 12.1 Å². The van der Waals surface area contributed by atoms with Crippen LogP contribution in [0.3, 0.4) is 0 Å². The lowest BCUT2D eigenvalue weighted by Crippen LogP contribution is -2.09. The third kappa shape index (κ3) is 4.90. The van der Waals surface area contributed by atoms with Gasteiger partial charge in [-0.15, -0.1) is 5.10 Å². The van der Waals surface area contributed by atoms with Crippen molar-refractivity contribution < 1.29 is 13.2 Å². The second-order valence-electron chi connectivity index (χ2n) is 5.62. The van der Waals surface area contributed by atoms with Crippen LogP contribution >= 0.6 is 11.8 Å². The zero-order valence-electron chi connectivity index (χ0n) is 13.7. The van der Waals surface area contributed by atoms with Gasteiger partial charge in [-0.05, 0) is 30.5 Å². The first kappa shape index (κ1) is 18.6. The van der Waals surface area contributed by atoms with Gasteiger partial charge in [0.1, 0.15) is 0 Å². The molecule has 1 aromatic carbocycles. The summed E-state index contributed by atoms with van der Waals surface area (Å²) in [6, 6.07) is 5.40. The van der Waals surface area contributed by atoms with Gasteiger partial charge in [-0.3, -0.25) is 0 Å². The van der Waals surface area contributed by atoms with Crippen LogP contribution in [0.2, 0.25) is 0 Å². The standard InChI is InChI=1S/C16H21F3N4S/c1-3-4-5-8-24-15-21-14(16(17,18)19)22-23(15)10-12-6-7-13(20)11(2)9-12/h6-7,9H,3-5,8,10,20H2,1-2H3. The van der Waals surface area contributed by atoms with Crippen LogP contribution in [0, 0.1) is 6.92 Å². The van der Waals surface area contributed by atoms with E-state index in [4.69, 9.17) is 5.73 Å². The number of benzene rings is 1. The second kappa shape index (κ2) is 7.92. The molecule has 0 atom stereocenters. The minimum Gasteiger partial charge on any atom is -0.399 e. The molecule has 1 heterocycles. The molecular weight excluding hydrogens is 337 g/mol. The minimum absolute atomic E-state index is 0.236. The summed E-state index contributed by atoms with van der Waals surface area (Å²) < 4.78 is 40.1. The molecule has 0 fully saturated rings. The van der Waals surface area contributed by atoms with Crippen LogP contribution in [0.25, 0.3) is 0 Å². The summed E-state index contributed by atoms with van der Waals surface area (Å²) in [5.41, 5.74) is 8.17.